The molecule has 0 aliphatic carbocycles. The van der Waals surface area contributed by atoms with Crippen molar-refractivity contribution < 1.29 is 14.2 Å². The lowest BCUT2D eigenvalue weighted by Gasteiger charge is -2.32. The van der Waals surface area contributed by atoms with E-state index in [4.69, 9.17) is 4.74 Å². The van der Waals surface area contributed by atoms with Crippen LogP contribution in [-0.4, -0.2) is 36.8 Å². The molecule has 1 aliphatic heterocycles. The molecular weight excluding hydrogens is 233 g/mol. The number of para-hydroxylation sites is 1. The number of ether oxygens (including phenoxy) is 1. The SMILES string of the molecule is COCC1CCCN(Cc2cccc(F)c2O)C1. The van der Waals surface area contributed by atoms with Crippen molar-refractivity contribution in [2.24, 2.45) is 5.92 Å². The number of hydrogen-bond acceptors (Lipinski definition) is 3. The van der Waals surface area contributed by atoms with E-state index in [0.29, 0.717) is 18.0 Å². The Bertz CT molecular complexity index is 395. The van der Waals surface area contributed by atoms with Gasteiger partial charge in [0.2, 0.25) is 0 Å². The van der Waals surface area contributed by atoms with E-state index >= 15 is 0 Å². The number of aromatic hydroxyl groups is 1. The molecule has 0 bridgehead atoms. The maximum atomic E-state index is 13.2. The van der Waals surface area contributed by atoms with Crippen LogP contribution in [0.4, 0.5) is 4.39 Å². The Hall–Kier alpha value is -1.13. The smallest absolute Gasteiger partial charge is 0.165 e. The molecule has 1 N–H and O–H groups in total. The first-order valence-electron chi connectivity index (χ1n) is 6.38. The van der Waals surface area contributed by atoms with Crippen LogP contribution in [0.2, 0.25) is 0 Å². The summed E-state index contributed by atoms with van der Waals surface area (Å²) in [6.45, 7) is 3.31. The van der Waals surface area contributed by atoms with Crippen molar-refractivity contribution in [3.8, 4) is 5.75 Å². The maximum absolute atomic E-state index is 13.2. The fourth-order valence-electron chi connectivity index (χ4n) is 2.60. The van der Waals surface area contributed by atoms with Crippen molar-refractivity contribution in [3.05, 3.63) is 29.6 Å². The zero-order valence-corrected chi connectivity index (χ0v) is 10.7. The molecule has 18 heavy (non-hydrogen) atoms. The van der Waals surface area contributed by atoms with E-state index in [0.717, 1.165) is 26.1 Å². The number of phenols is 1. The van der Waals surface area contributed by atoms with Crippen LogP contribution in [-0.2, 0) is 11.3 Å². The van der Waals surface area contributed by atoms with Crippen LogP contribution in [0.25, 0.3) is 0 Å². The zero-order chi connectivity index (χ0) is 13.0. The first kappa shape index (κ1) is 13.3. The molecule has 1 fully saturated rings. The predicted octanol–water partition coefficient (Wildman–Crippen LogP) is 2.39. The van der Waals surface area contributed by atoms with Crippen molar-refractivity contribution in [1.29, 1.82) is 0 Å². The summed E-state index contributed by atoms with van der Waals surface area (Å²) in [6, 6.07) is 4.70. The predicted molar refractivity (Wildman–Crippen MR) is 67.9 cm³/mol. The number of benzene rings is 1. The van der Waals surface area contributed by atoms with E-state index in [1.165, 1.54) is 12.5 Å². The molecule has 1 aromatic carbocycles. The second-order valence-electron chi connectivity index (χ2n) is 4.95. The Morgan fingerprint density at radius 1 is 1.50 bits per heavy atom. The van der Waals surface area contributed by atoms with Crippen LogP contribution in [0.3, 0.4) is 0 Å². The van der Waals surface area contributed by atoms with E-state index in [2.05, 4.69) is 4.90 Å². The summed E-state index contributed by atoms with van der Waals surface area (Å²) in [4.78, 5) is 2.25. The van der Waals surface area contributed by atoms with Crippen LogP contribution in [0.15, 0.2) is 18.2 Å². The molecule has 1 aliphatic rings. The first-order valence-corrected chi connectivity index (χ1v) is 6.38. The summed E-state index contributed by atoms with van der Waals surface area (Å²) in [7, 11) is 1.72. The molecule has 1 heterocycles. The molecule has 1 aromatic rings. The molecule has 1 saturated heterocycles. The van der Waals surface area contributed by atoms with Crippen molar-refractivity contribution in [2.45, 2.75) is 19.4 Å². The van der Waals surface area contributed by atoms with Gasteiger partial charge >= 0.3 is 0 Å². The number of halogens is 1. The van der Waals surface area contributed by atoms with Crippen LogP contribution in [0.5, 0.6) is 5.75 Å². The van der Waals surface area contributed by atoms with Crippen LogP contribution >= 0.6 is 0 Å². The van der Waals surface area contributed by atoms with E-state index in [9.17, 15) is 9.50 Å². The largest absolute Gasteiger partial charge is 0.505 e. The Morgan fingerprint density at radius 3 is 3.11 bits per heavy atom. The molecular formula is C14H20FNO2. The maximum Gasteiger partial charge on any atom is 0.165 e. The number of phenolic OH excluding ortho intramolecular Hbond substituents is 1. The lowest BCUT2D eigenvalue weighted by molar-refractivity contribution is 0.0869. The average molecular weight is 253 g/mol. The number of methoxy groups -OCH3 is 1. The fraction of sp³-hybridized carbons (Fsp3) is 0.571. The molecule has 2 rings (SSSR count). The van der Waals surface area contributed by atoms with Gasteiger partial charge < -0.3 is 9.84 Å². The Kier molecular flexibility index (Phi) is 4.55. The van der Waals surface area contributed by atoms with Gasteiger partial charge in [-0.2, -0.15) is 0 Å². The van der Waals surface area contributed by atoms with E-state index in [1.54, 1.807) is 19.2 Å². The summed E-state index contributed by atoms with van der Waals surface area (Å²) in [6.07, 6.45) is 2.31. The number of rotatable bonds is 4. The van der Waals surface area contributed by atoms with E-state index in [-0.39, 0.29) is 5.75 Å². The molecule has 0 amide bonds. The summed E-state index contributed by atoms with van der Waals surface area (Å²) >= 11 is 0. The van der Waals surface area contributed by atoms with Crippen LogP contribution < -0.4 is 0 Å². The quantitative estimate of drug-likeness (QED) is 0.894. The third-order valence-electron chi connectivity index (χ3n) is 3.47. The highest BCUT2D eigenvalue weighted by Gasteiger charge is 2.20. The number of piperidine rings is 1. The molecule has 4 heteroatoms. The highest BCUT2D eigenvalue weighted by molar-refractivity contribution is 5.33. The molecule has 0 saturated carbocycles. The monoisotopic (exact) mass is 253 g/mol. The van der Waals surface area contributed by atoms with Gasteiger partial charge in [-0.15, -0.1) is 0 Å². The number of likely N-dealkylation sites (tertiary alicyclic amines) is 1. The Balaban J connectivity index is 1.98. The van der Waals surface area contributed by atoms with Gasteiger partial charge in [-0.1, -0.05) is 12.1 Å². The van der Waals surface area contributed by atoms with Gasteiger partial charge in [-0.3, -0.25) is 4.90 Å². The third-order valence-corrected chi connectivity index (χ3v) is 3.47. The molecule has 1 atom stereocenters. The number of nitrogens with zero attached hydrogens (tertiary/aromatic N) is 1. The van der Waals surface area contributed by atoms with Gasteiger partial charge in [0.15, 0.2) is 11.6 Å². The van der Waals surface area contributed by atoms with E-state index in [1.807, 2.05) is 0 Å². The van der Waals surface area contributed by atoms with Crippen molar-refractivity contribution in [2.75, 3.05) is 26.8 Å². The fourth-order valence-corrected chi connectivity index (χ4v) is 2.60. The molecule has 0 aromatic heterocycles. The summed E-state index contributed by atoms with van der Waals surface area (Å²) in [5.41, 5.74) is 0.660. The van der Waals surface area contributed by atoms with Crippen molar-refractivity contribution >= 4 is 0 Å². The molecule has 1 unspecified atom stereocenters. The number of hydrogen-bond donors (Lipinski definition) is 1. The van der Waals surface area contributed by atoms with Gasteiger partial charge in [0.05, 0.1) is 6.61 Å². The summed E-state index contributed by atoms with van der Waals surface area (Å²) in [5.74, 6) is -0.219. The minimum absolute atomic E-state index is 0.216. The summed E-state index contributed by atoms with van der Waals surface area (Å²) in [5, 5.41) is 9.67. The minimum Gasteiger partial charge on any atom is -0.505 e. The normalized spacial score (nSPS) is 21.1. The summed E-state index contributed by atoms with van der Waals surface area (Å²) < 4.78 is 18.4. The highest BCUT2D eigenvalue weighted by atomic mass is 19.1. The van der Waals surface area contributed by atoms with Gasteiger partial charge in [-0.25, -0.2) is 4.39 Å². The van der Waals surface area contributed by atoms with Gasteiger partial charge in [-0.05, 0) is 31.4 Å². The molecule has 0 spiro atoms. The molecule has 3 nitrogen and oxygen atoms in total. The lowest BCUT2D eigenvalue weighted by Crippen LogP contribution is -2.36. The van der Waals surface area contributed by atoms with Crippen molar-refractivity contribution in [3.63, 3.8) is 0 Å². The second-order valence-corrected chi connectivity index (χ2v) is 4.95. The van der Waals surface area contributed by atoms with Gasteiger partial charge in [0, 0.05) is 25.8 Å². The minimum atomic E-state index is -0.544. The Morgan fingerprint density at radius 2 is 2.33 bits per heavy atom. The van der Waals surface area contributed by atoms with Crippen LogP contribution in [0.1, 0.15) is 18.4 Å². The lowest BCUT2D eigenvalue weighted by atomic mass is 9.98. The zero-order valence-electron chi connectivity index (χ0n) is 10.7. The first-order chi connectivity index (χ1) is 8.70. The molecule has 100 valence electrons. The third kappa shape index (κ3) is 3.21. The topological polar surface area (TPSA) is 32.7 Å². The highest BCUT2D eigenvalue weighted by Crippen LogP contribution is 2.24. The second kappa shape index (κ2) is 6.16. The average Bonchev–Trinajstić information content (AvgIpc) is 2.36. The van der Waals surface area contributed by atoms with Crippen LogP contribution in [0, 0.1) is 11.7 Å². The Labute approximate surface area is 107 Å². The molecule has 0 radical (unpaired) electrons. The van der Waals surface area contributed by atoms with E-state index < -0.39 is 5.82 Å². The van der Waals surface area contributed by atoms with Gasteiger partial charge in [0.25, 0.3) is 0 Å². The van der Waals surface area contributed by atoms with Gasteiger partial charge in [0.1, 0.15) is 0 Å². The standard InChI is InChI=1S/C14H20FNO2/c1-18-10-11-4-3-7-16(8-11)9-12-5-2-6-13(15)14(12)17/h2,5-6,11,17H,3-4,7-10H2,1H3. The van der Waals surface area contributed by atoms with Crippen molar-refractivity contribution in [1.82, 2.24) is 4.90 Å².